The molecule has 0 bridgehead atoms. The Morgan fingerprint density at radius 3 is 3.14 bits per heavy atom. The summed E-state index contributed by atoms with van der Waals surface area (Å²) >= 11 is 0. The summed E-state index contributed by atoms with van der Waals surface area (Å²) in [6.07, 6.45) is 3.23. The normalized spacial score (nSPS) is 17.9. The largest absolute Gasteiger partial charge is 0.505 e. The summed E-state index contributed by atoms with van der Waals surface area (Å²) in [6, 6.07) is 6.67. The molecule has 0 aliphatic carbocycles. The van der Waals surface area contributed by atoms with Gasteiger partial charge < -0.3 is 19.2 Å². The molecular formula is C16H18N2O4. The summed E-state index contributed by atoms with van der Waals surface area (Å²) in [7, 11) is 1.61. The molecule has 2 aromatic rings. The van der Waals surface area contributed by atoms with Gasteiger partial charge in [0.1, 0.15) is 23.9 Å². The molecular weight excluding hydrogens is 284 g/mol. The summed E-state index contributed by atoms with van der Waals surface area (Å²) in [5.74, 6) is 1.11. The third kappa shape index (κ3) is 2.69. The first-order chi connectivity index (χ1) is 10.7. The van der Waals surface area contributed by atoms with Crippen molar-refractivity contribution in [1.82, 2.24) is 9.88 Å². The van der Waals surface area contributed by atoms with Crippen LogP contribution in [0.15, 0.2) is 34.9 Å². The zero-order valence-electron chi connectivity index (χ0n) is 12.4. The number of carbonyl (C=O) groups is 1. The molecule has 0 spiro atoms. The predicted molar refractivity (Wildman–Crippen MR) is 78.3 cm³/mol. The summed E-state index contributed by atoms with van der Waals surface area (Å²) in [5, 5.41) is 9.82. The molecule has 1 aliphatic heterocycles. The lowest BCUT2D eigenvalue weighted by atomic mass is 10.1. The molecule has 2 aromatic heterocycles. The molecule has 0 radical (unpaired) electrons. The Labute approximate surface area is 128 Å². The Morgan fingerprint density at radius 1 is 1.50 bits per heavy atom. The van der Waals surface area contributed by atoms with E-state index in [1.807, 2.05) is 12.1 Å². The Kier molecular flexibility index (Phi) is 4.11. The number of aromatic nitrogens is 1. The van der Waals surface area contributed by atoms with Crippen molar-refractivity contribution in [2.24, 2.45) is 0 Å². The maximum absolute atomic E-state index is 12.6. The number of amides is 1. The van der Waals surface area contributed by atoms with Crippen molar-refractivity contribution in [1.29, 1.82) is 0 Å². The highest BCUT2D eigenvalue weighted by molar-refractivity contribution is 5.95. The van der Waals surface area contributed by atoms with Crippen LogP contribution < -0.4 is 0 Å². The Hall–Kier alpha value is -2.34. The van der Waals surface area contributed by atoms with E-state index in [0.29, 0.717) is 13.2 Å². The average molecular weight is 302 g/mol. The van der Waals surface area contributed by atoms with E-state index in [2.05, 4.69) is 4.98 Å². The van der Waals surface area contributed by atoms with Crippen LogP contribution in [0.2, 0.25) is 0 Å². The van der Waals surface area contributed by atoms with Crippen molar-refractivity contribution in [2.75, 3.05) is 13.7 Å². The molecule has 116 valence electrons. The van der Waals surface area contributed by atoms with Crippen LogP contribution in [0.5, 0.6) is 5.75 Å². The number of furan rings is 1. The van der Waals surface area contributed by atoms with E-state index in [0.717, 1.165) is 24.4 Å². The second kappa shape index (κ2) is 6.19. The van der Waals surface area contributed by atoms with E-state index in [1.54, 1.807) is 18.1 Å². The van der Waals surface area contributed by atoms with Gasteiger partial charge in [-0.15, -0.1) is 0 Å². The van der Waals surface area contributed by atoms with Gasteiger partial charge in [-0.25, -0.2) is 4.98 Å². The highest BCUT2D eigenvalue weighted by Gasteiger charge is 2.34. The van der Waals surface area contributed by atoms with Crippen molar-refractivity contribution < 1.29 is 19.1 Å². The fraction of sp³-hybridized carbons (Fsp3) is 0.375. The van der Waals surface area contributed by atoms with Crippen molar-refractivity contribution in [3.63, 3.8) is 0 Å². The molecule has 0 saturated carbocycles. The molecule has 1 saturated heterocycles. The van der Waals surface area contributed by atoms with Crippen LogP contribution in [0.4, 0.5) is 0 Å². The Bertz CT molecular complexity index is 668. The predicted octanol–water partition coefficient (Wildman–Crippen LogP) is 2.50. The van der Waals surface area contributed by atoms with Crippen LogP contribution in [0, 0.1) is 0 Å². The minimum atomic E-state index is -0.273. The van der Waals surface area contributed by atoms with Crippen molar-refractivity contribution in [3.05, 3.63) is 47.7 Å². The van der Waals surface area contributed by atoms with Crippen molar-refractivity contribution in [3.8, 4) is 5.75 Å². The van der Waals surface area contributed by atoms with Gasteiger partial charge in [-0.1, -0.05) is 0 Å². The molecule has 3 rings (SSSR count). The van der Waals surface area contributed by atoms with Gasteiger partial charge in [0.2, 0.25) is 0 Å². The van der Waals surface area contributed by atoms with Gasteiger partial charge in [0.15, 0.2) is 5.69 Å². The lowest BCUT2D eigenvalue weighted by Crippen LogP contribution is -2.31. The molecule has 6 nitrogen and oxygen atoms in total. The van der Waals surface area contributed by atoms with Gasteiger partial charge >= 0.3 is 0 Å². The standard InChI is InChI=1S/C16H18N2O4/c1-21-10-11-6-7-14(22-11)12-4-3-9-18(12)16(20)15-13(19)5-2-8-17-15/h2,5-8,12,19H,3-4,9-10H2,1H3/t12-/m1/s1. The van der Waals surface area contributed by atoms with Gasteiger partial charge in [-0.05, 0) is 37.1 Å². The number of carbonyl (C=O) groups excluding carboxylic acids is 1. The molecule has 1 N–H and O–H groups in total. The van der Waals surface area contributed by atoms with Crippen LogP contribution in [-0.4, -0.2) is 34.6 Å². The van der Waals surface area contributed by atoms with Gasteiger partial charge in [0.05, 0.1) is 6.04 Å². The van der Waals surface area contributed by atoms with Crippen LogP contribution >= 0.6 is 0 Å². The number of pyridine rings is 1. The third-order valence-corrected chi connectivity index (χ3v) is 3.80. The number of nitrogens with zero attached hydrogens (tertiary/aromatic N) is 2. The minimum absolute atomic E-state index is 0.0815. The van der Waals surface area contributed by atoms with Crippen molar-refractivity contribution in [2.45, 2.75) is 25.5 Å². The van der Waals surface area contributed by atoms with Gasteiger partial charge in [-0.2, -0.15) is 0 Å². The second-order valence-electron chi connectivity index (χ2n) is 5.26. The monoisotopic (exact) mass is 302 g/mol. The molecule has 1 aliphatic rings. The molecule has 1 fully saturated rings. The van der Waals surface area contributed by atoms with E-state index in [1.165, 1.54) is 12.3 Å². The van der Waals surface area contributed by atoms with Gasteiger partial charge in [0.25, 0.3) is 5.91 Å². The van der Waals surface area contributed by atoms with E-state index in [9.17, 15) is 9.90 Å². The summed E-state index contributed by atoms with van der Waals surface area (Å²) in [4.78, 5) is 18.3. The number of hydrogen-bond donors (Lipinski definition) is 1. The van der Waals surface area contributed by atoms with E-state index >= 15 is 0 Å². The molecule has 22 heavy (non-hydrogen) atoms. The maximum atomic E-state index is 12.6. The topological polar surface area (TPSA) is 75.8 Å². The molecule has 0 unspecified atom stereocenters. The first-order valence-electron chi connectivity index (χ1n) is 7.23. The van der Waals surface area contributed by atoms with Crippen LogP contribution in [0.3, 0.4) is 0 Å². The first kappa shape index (κ1) is 14.6. The van der Waals surface area contributed by atoms with E-state index < -0.39 is 0 Å². The number of rotatable bonds is 4. The maximum Gasteiger partial charge on any atom is 0.276 e. The van der Waals surface area contributed by atoms with Crippen LogP contribution in [0.1, 0.15) is 40.9 Å². The molecule has 6 heteroatoms. The van der Waals surface area contributed by atoms with Gasteiger partial charge in [0, 0.05) is 19.9 Å². The Balaban J connectivity index is 1.83. The van der Waals surface area contributed by atoms with Crippen LogP contribution in [-0.2, 0) is 11.3 Å². The summed E-state index contributed by atoms with van der Waals surface area (Å²) < 4.78 is 10.8. The number of ether oxygens (including phenoxy) is 1. The lowest BCUT2D eigenvalue weighted by molar-refractivity contribution is 0.0706. The fourth-order valence-electron chi connectivity index (χ4n) is 2.80. The zero-order valence-corrected chi connectivity index (χ0v) is 12.4. The lowest BCUT2D eigenvalue weighted by Gasteiger charge is -2.23. The van der Waals surface area contributed by atoms with Crippen LogP contribution in [0.25, 0.3) is 0 Å². The third-order valence-electron chi connectivity index (χ3n) is 3.80. The van der Waals surface area contributed by atoms with Crippen molar-refractivity contribution >= 4 is 5.91 Å². The first-order valence-corrected chi connectivity index (χ1v) is 7.23. The highest BCUT2D eigenvalue weighted by atomic mass is 16.5. The molecule has 1 amide bonds. The average Bonchev–Trinajstić information content (AvgIpc) is 3.16. The minimum Gasteiger partial charge on any atom is -0.505 e. The SMILES string of the molecule is COCc1ccc([C@H]2CCCN2C(=O)c2ncccc2O)o1. The number of aromatic hydroxyl groups is 1. The quantitative estimate of drug-likeness (QED) is 0.939. The smallest absolute Gasteiger partial charge is 0.276 e. The second-order valence-corrected chi connectivity index (χ2v) is 5.26. The zero-order chi connectivity index (χ0) is 15.5. The number of likely N-dealkylation sites (tertiary alicyclic amines) is 1. The Morgan fingerprint density at radius 2 is 2.36 bits per heavy atom. The number of methoxy groups -OCH3 is 1. The summed E-state index contributed by atoms with van der Waals surface area (Å²) in [6.45, 7) is 1.03. The summed E-state index contributed by atoms with van der Waals surface area (Å²) in [5.41, 5.74) is 0.0815. The molecule has 0 aromatic carbocycles. The fourth-order valence-corrected chi connectivity index (χ4v) is 2.80. The highest BCUT2D eigenvalue weighted by Crippen LogP contribution is 2.34. The van der Waals surface area contributed by atoms with Gasteiger partial charge in [-0.3, -0.25) is 4.79 Å². The molecule has 1 atom stereocenters. The number of hydrogen-bond acceptors (Lipinski definition) is 5. The molecule has 3 heterocycles. The van der Waals surface area contributed by atoms with E-state index in [4.69, 9.17) is 9.15 Å². The van der Waals surface area contributed by atoms with E-state index in [-0.39, 0.29) is 23.4 Å².